The average molecular weight is 268 g/mol. The molecule has 0 aromatic carbocycles. The van der Waals surface area contributed by atoms with Crippen molar-refractivity contribution in [2.75, 3.05) is 26.7 Å². The Morgan fingerprint density at radius 1 is 1.26 bits per heavy atom. The van der Waals surface area contributed by atoms with E-state index in [1.54, 1.807) is 0 Å². The van der Waals surface area contributed by atoms with Gasteiger partial charge in [0.25, 0.3) is 0 Å². The largest absolute Gasteiger partial charge is 0.468 e. The summed E-state index contributed by atoms with van der Waals surface area (Å²) in [4.78, 5) is 14.4. The standard InChI is InChI=1S/C15H28N2O2/c1-19-14(18)15(16)9-6-7-13(15)8-12-17-10-4-2-3-5-11-17/h13H,2-12,16H2,1H3. The second kappa shape index (κ2) is 6.71. The van der Waals surface area contributed by atoms with Gasteiger partial charge in [0.15, 0.2) is 0 Å². The van der Waals surface area contributed by atoms with Crippen molar-refractivity contribution < 1.29 is 9.53 Å². The fourth-order valence-corrected chi connectivity index (χ4v) is 3.66. The molecule has 1 aliphatic carbocycles. The van der Waals surface area contributed by atoms with E-state index in [4.69, 9.17) is 10.5 Å². The van der Waals surface area contributed by atoms with Crippen LogP contribution in [0.5, 0.6) is 0 Å². The first-order chi connectivity index (χ1) is 9.16. The van der Waals surface area contributed by atoms with E-state index in [2.05, 4.69) is 4.90 Å². The fraction of sp³-hybridized carbons (Fsp3) is 0.933. The number of hydrogen-bond donors (Lipinski definition) is 1. The second-order valence-corrected chi connectivity index (χ2v) is 6.17. The van der Waals surface area contributed by atoms with Gasteiger partial charge in [-0.25, -0.2) is 0 Å². The molecular weight excluding hydrogens is 240 g/mol. The van der Waals surface area contributed by atoms with Gasteiger partial charge in [0.1, 0.15) is 5.54 Å². The molecule has 0 spiro atoms. The molecule has 4 heteroatoms. The molecule has 0 bridgehead atoms. The molecule has 110 valence electrons. The van der Waals surface area contributed by atoms with Crippen molar-refractivity contribution in [3.05, 3.63) is 0 Å². The van der Waals surface area contributed by atoms with E-state index < -0.39 is 5.54 Å². The highest BCUT2D eigenvalue weighted by Crippen LogP contribution is 2.37. The van der Waals surface area contributed by atoms with Gasteiger partial charge in [-0.3, -0.25) is 4.79 Å². The SMILES string of the molecule is COC(=O)C1(N)CCCC1CCN1CCCCCC1. The third-order valence-corrected chi connectivity index (χ3v) is 4.93. The topological polar surface area (TPSA) is 55.6 Å². The summed E-state index contributed by atoms with van der Waals surface area (Å²) < 4.78 is 4.90. The zero-order chi connectivity index (χ0) is 13.7. The molecule has 1 saturated carbocycles. The molecule has 2 fully saturated rings. The van der Waals surface area contributed by atoms with E-state index in [0.717, 1.165) is 32.2 Å². The van der Waals surface area contributed by atoms with Crippen molar-refractivity contribution >= 4 is 5.97 Å². The molecule has 2 unspecified atom stereocenters. The maximum atomic E-state index is 11.9. The monoisotopic (exact) mass is 268 g/mol. The van der Waals surface area contributed by atoms with Gasteiger partial charge in [-0.2, -0.15) is 0 Å². The van der Waals surface area contributed by atoms with Crippen molar-refractivity contribution in [1.82, 2.24) is 4.90 Å². The lowest BCUT2D eigenvalue weighted by atomic mass is 9.85. The Hall–Kier alpha value is -0.610. The van der Waals surface area contributed by atoms with Crippen molar-refractivity contribution in [3.8, 4) is 0 Å². The third-order valence-electron chi connectivity index (χ3n) is 4.93. The second-order valence-electron chi connectivity index (χ2n) is 6.17. The van der Waals surface area contributed by atoms with Gasteiger partial charge in [0.2, 0.25) is 0 Å². The van der Waals surface area contributed by atoms with Crippen molar-refractivity contribution in [1.29, 1.82) is 0 Å². The van der Waals surface area contributed by atoms with Gasteiger partial charge in [0, 0.05) is 0 Å². The Balaban J connectivity index is 1.85. The molecule has 2 atom stereocenters. The van der Waals surface area contributed by atoms with Gasteiger partial charge in [-0.15, -0.1) is 0 Å². The number of hydrogen-bond acceptors (Lipinski definition) is 4. The zero-order valence-electron chi connectivity index (χ0n) is 12.2. The highest BCUT2D eigenvalue weighted by atomic mass is 16.5. The molecule has 0 aromatic heterocycles. The molecule has 4 nitrogen and oxygen atoms in total. The maximum absolute atomic E-state index is 11.9. The molecule has 1 saturated heterocycles. The average Bonchev–Trinajstić information content (AvgIpc) is 2.65. The summed E-state index contributed by atoms with van der Waals surface area (Å²) in [6.45, 7) is 3.51. The summed E-state index contributed by atoms with van der Waals surface area (Å²) in [6, 6.07) is 0. The van der Waals surface area contributed by atoms with Crippen LogP contribution >= 0.6 is 0 Å². The Morgan fingerprint density at radius 2 is 1.95 bits per heavy atom. The number of carbonyl (C=O) groups excluding carboxylic acids is 1. The van der Waals surface area contributed by atoms with Gasteiger partial charge in [0.05, 0.1) is 7.11 Å². The molecule has 2 rings (SSSR count). The van der Waals surface area contributed by atoms with Gasteiger partial charge in [-0.1, -0.05) is 19.3 Å². The van der Waals surface area contributed by atoms with Crippen LogP contribution in [-0.2, 0) is 9.53 Å². The Kier molecular flexibility index (Phi) is 5.22. The van der Waals surface area contributed by atoms with Crippen LogP contribution in [0.3, 0.4) is 0 Å². The van der Waals surface area contributed by atoms with E-state index in [-0.39, 0.29) is 5.97 Å². The van der Waals surface area contributed by atoms with E-state index in [0.29, 0.717) is 5.92 Å². The molecule has 0 amide bonds. The van der Waals surface area contributed by atoms with E-state index >= 15 is 0 Å². The first-order valence-corrected chi connectivity index (χ1v) is 7.76. The van der Waals surface area contributed by atoms with E-state index in [9.17, 15) is 4.79 Å². The number of likely N-dealkylation sites (tertiary alicyclic amines) is 1. The molecule has 1 aliphatic heterocycles. The molecule has 2 N–H and O–H groups in total. The summed E-state index contributed by atoms with van der Waals surface area (Å²) >= 11 is 0. The molecule has 1 heterocycles. The molecule has 0 radical (unpaired) electrons. The highest BCUT2D eigenvalue weighted by Gasteiger charge is 2.46. The maximum Gasteiger partial charge on any atom is 0.326 e. The van der Waals surface area contributed by atoms with Crippen LogP contribution in [0, 0.1) is 5.92 Å². The Bertz CT molecular complexity index is 301. The molecule has 19 heavy (non-hydrogen) atoms. The van der Waals surface area contributed by atoms with E-state index in [1.807, 2.05) is 0 Å². The third kappa shape index (κ3) is 3.48. The Morgan fingerprint density at radius 3 is 2.58 bits per heavy atom. The number of carbonyl (C=O) groups is 1. The van der Waals surface area contributed by atoms with Crippen LogP contribution < -0.4 is 5.73 Å². The minimum Gasteiger partial charge on any atom is -0.468 e. The number of nitrogens with two attached hydrogens (primary N) is 1. The summed E-state index contributed by atoms with van der Waals surface area (Å²) in [6.07, 6.45) is 9.29. The summed E-state index contributed by atoms with van der Waals surface area (Å²) in [5.74, 6) is 0.0778. The quantitative estimate of drug-likeness (QED) is 0.792. The highest BCUT2D eigenvalue weighted by molar-refractivity contribution is 5.81. The lowest BCUT2D eigenvalue weighted by Gasteiger charge is -2.30. The minimum absolute atomic E-state index is 0.217. The van der Waals surface area contributed by atoms with Gasteiger partial charge < -0.3 is 15.4 Å². The first kappa shape index (κ1) is 14.8. The van der Waals surface area contributed by atoms with E-state index in [1.165, 1.54) is 45.9 Å². The summed E-state index contributed by atoms with van der Waals surface area (Å²) in [5.41, 5.74) is 5.59. The van der Waals surface area contributed by atoms with Crippen LogP contribution in [0.2, 0.25) is 0 Å². The summed E-state index contributed by atoms with van der Waals surface area (Å²) in [7, 11) is 1.45. The van der Waals surface area contributed by atoms with Crippen molar-refractivity contribution in [2.24, 2.45) is 11.7 Å². The first-order valence-electron chi connectivity index (χ1n) is 7.76. The Labute approximate surface area is 116 Å². The van der Waals surface area contributed by atoms with Crippen molar-refractivity contribution in [2.45, 2.75) is 56.9 Å². The normalized spacial score (nSPS) is 33.1. The number of rotatable bonds is 4. The minimum atomic E-state index is -0.722. The van der Waals surface area contributed by atoms with Crippen LogP contribution in [0.25, 0.3) is 0 Å². The molecule has 0 aromatic rings. The van der Waals surface area contributed by atoms with Crippen LogP contribution in [0.4, 0.5) is 0 Å². The number of methoxy groups -OCH3 is 1. The zero-order valence-corrected chi connectivity index (χ0v) is 12.2. The fourth-order valence-electron chi connectivity index (χ4n) is 3.66. The van der Waals surface area contributed by atoms with Crippen LogP contribution in [0.15, 0.2) is 0 Å². The van der Waals surface area contributed by atoms with Gasteiger partial charge >= 0.3 is 5.97 Å². The van der Waals surface area contributed by atoms with Crippen LogP contribution in [-0.4, -0.2) is 43.2 Å². The molecule has 2 aliphatic rings. The predicted molar refractivity (Wildman–Crippen MR) is 75.8 cm³/mol. The lowest BCUT2D eigenvalue weighted by molar-refractivity contribution is -0.148. The smallest absolute Gasteiger partial charge is 0.326 e. The number of esters is 1. The summed E-state index contributed by atoms with van der Waals surface area (Å²) in [5, 5.41) is 0. The van der Waals surface area contributed by atoms with Crippen LogP contribution in [0.1, 0.15) is 51.4 Å². The molecular formula is C15H28N2O2. The number of ether oxygens (including phenoxy) is 1. The predicted octanol–water partition coefficient (Wildman–Crippen LogP) is 1.92. The van der Waals surface area contributed by atoms with Gasteiger partial charge in [-0.05, 0) is 57.7 Å². The van der Waals surface area contributed by atoms with Crippen molar-refractivity contribution in [3.63, 3.8) is 0 Å². The number of nitrogens with zero attached hydrogens (tertiary/aromatic N) is 1. The lowest BCUT2D eigenvalue weighted by Crippen LogP contribution is -2.52.